The van der Waals surface area contributed by atoms with Crippen LogP contribution in [0.1, 0.15) is 27.9 Å². The van der Waals surface area contributed by atoms with Crippen molar-refractivity contribution in [1.82, 2.24) is 0 Å². The van der Waals surface area contributed by atoms with Gasteiger partial charge >= 0.3 is 0 Å². The lowest BCUT2D eigenvalue weighted by Crippen LogP contribution is -2.35. The Kier molecular flexibility index (Phi) is 3.18. The van der Waals surface area contributed by atoms with E-state index in [1.165, 1.54) is 5.56 Å². The van der Waals surface area contributed by atoms with Crippen LogP contribution in [0.4, 0.5) is 11.4 Å². The molecule has 20 heavy (non-hydrogen) atoms. The highest BCUT2D eigenvalue weighted by Crippen LogP contribution is 2.30. The number of benzene rings is 2. The number of carbonyl (C=O) groups excluding carboxylic acids is 1. The van der Waals surface area contributed by atoms with E-state index < -0.39 is 0 Å². The fourth-order valence-electron chi connectivity index (χ4n) is 2.76. The Bertz CT molecular complexity index is 664. The van der Waals surface area contributed by atoms with Crippen molar-refractivity contribution in [3.8, 4) is 0 Å². The zero-order chi connectivity index (χ0) is 14.1. The van der Waals surface area contributed by atoms with Gasteiger partial charge in [-0.15, -0.1) is 0 Å². The summed E-state index contributed by atoms with van der Waals surface area (Å²) in [5.74, 6) is 0.0645. The van der Waals surface area contributed by atoms with Gasteiger partial charge in [0.25, 0.3) is 5.91 Å². The van der Waals surface area contributed by atoms with E-state index in [0.717, 1.165) is 36.2 Å². The molecular weight excluding hydrogens is 248 g/mol. The van der Waals surface area contributed by atoms with Crippen molar-refractivity contribution in [1.29, 1.82) is 0 Å². The maximum absolute atomic E-state index is 12.8. The van der Waals surface area contributed by atoms with Gasteiger partial charge in [0.1, 0.15) is 0 Å². The number of amides is 1. The van der Waals surface area contributed by atoms with Crippen LogP contribution >= 0.6 is 0 Å². The second-order valence-electron chi connectivity index (χ2n) is 5.26. The molecule has 1 amide bonds. The molecule has 3 rings (SSSR count). The predicted molar refractivity (Wildman–Crippen MR) is 82.0 cm³/mol. The largest absolute Gasteiger partial charge is 0.399 e. The molecular formula is C17H18N2O. The number of nitrogen functional groups attached to an aromatic ring is 1. The Morgan fingerprint density at radius 3 is 2.80 bits per heavy atom. The van der Waals surface area contributed by atoms with Crippen molar-refractivity contribution in [2.75, 3.05) is 17.2 Å². The molecule has 0 spiro atoms. The third-order valence-electron chi connectivity index (χ3n) is 3.85. The van der Waals surface area contributed by atoms with Crippen LogP contribution in [0.3, 0.4) is 0 Å². The van der Waals surface area contributed by atoms with Gasteiger partial charge in [-0.25, -0.2) is 0 Å². The maximum atomic E-state index is 12.8. The molecule has 102 valence electrons. The average molecular weight is 266 g/mol. The van der Waals surface area contributed by atoms with E-state index in [9.17, 15) is 4.79 Å². The summed E-state index contributed by atoms with van der Waals surface area (Å²) in [5.41, 5.74) is 10.5. The van der Waals surface area contributed by atoms with Crippen LogP contribution in [0.15, 0.2) is 42.5 Å². The van der Waals surface area contributed by atoms with Crippen molar-refractivity contribution in [3.63, 3.8) is 0 Å². The predicted octanol–water partition coefficient (Wildman–Crippen LogP) is 3.17. The molecule has 0 aliphatic carbocycles. The SMILES string of the molecule is Cc1ccccc1C(=O)N1CCCc2ccc(N)cc21. The summed E-state index contributed by atoms with van der Waals surface area (Å²) >= 11 is 0. The van der Waals surface area contributed by atoms with Crippen molar-refractivity contribution in [3.05, 3.63) is 59.2 Å². The van der Waals surface area contributed by atoms with Crippen molar-refractivity contribution >= 4 is 17.3 Å². The van der Waals surface area contributed by atoms with E-state index in [2.05, 4.69) is 0 Å². The average Bonchev–Trinajstić information content (AvgIpc) is 2.46. The lowest BCUT2D eigenvalue weighted by atomic mass is 9.99. The van der Waals surface area contributed by atoms with Gasteiger partial charge in [0.15, 0.2) is 0 Å². The Morgan fingerprint density at radius 2 is 2.00 bits per heavy atom. The summed E-state index contributed by atoms with van der Waals surface area (Å²) in [6.07, 6.45) is 2.00. The third-order valence-corrected chi connectivity index (χ3v) is 3.85. The molecule has 0 saturated carbocycles. The van der Waals surface area contributed by atoms with Gasteiger partial charge in [0.2, 0.25) is 0 Å². The molecule has 2 aromatic carbocycles. The van der Waals surface area contributed by atoms with Crippen LogP contribution < -0.4 is 10.6 Å². The Hall–Kier alpha value is -2.29. The number of aryl methyl sites for hydroxylation is 2. The van der Waals surface area contributed by atoms with Crippen molar-refractivity contribution < 1.29 is 4.79 Å². The standard InChI is InChI=1S/C17H18N2O/c1-12-5-2-3-7-15(12)17(20)19-10-4-6-13-8-9-14(18)11-16(13)19/h2-3,5,7-9,11H,4,6,10,18H2,1H3. The second-order valence-corrected chi connectivity index (χ2v) is 5.26. The molecule has 0 radical (unpaired) electrons. The van der Waals surface area contributed by atoms with Gasteiger partial charge in [-0.3, -0.25) is 4.79 Å². The van der Waals surface area contributed by atoms with E-state index >= 15 is 0 Å². The molecule has 0 bridgehead atoms. The molecule has 0 unspecified atom stereocenters. The number of nitrogens with two attached hydrogens (primary N) is 1. The van der Waals surface area contributed by atoms with Crippen LogP contribution in [-0.4, -0.2) is 12.5 Å². The fraction of sp³-hybridized carbons (Fsp3) is 0.235. The summed E-state index contributed by atoms with van der Waals surface area (Å²) in [6, 6.07) is 13.6. The van der Waals surface area contributed by atoms with Gasteiger partial charge in [0, 0.05) is 23.5 Å². The molecule has 0 saturated heterocycles. The summed E-state index contributed by atoms with van der Waals surface area (Å²) in [5, 5.41) is 0. The van der Waals surface area contributed by atoms with Crippen LogP contribution in [0.5, 0.6) is 0 Å². The molecule has 0 aromatic heterocycles. The summed E-state index contributed by atoms with van der Waals surface area (Å²) in [7, 11) is 0. The Labute approximate surface area is 119 Å². The van der Waals surface area contributed by atoms with Gasteiger partial charge in [-0.05, 0) is 49.1 Å². The van der Waals surface area contributed by atoms with Gasteiger partial charge < -0.3 is 10.6 Å². The lowest BCUT2D eigenvalue weighted by molar-refractivity contribution is 0.0984. The van der Waals surface area contributed by atoms with E-state index in [1.54, 1.807) is 0 Å². The number of hydrogen-bond donors (Lipinski definition) is 1. The minimum atomic E-state index is 0.0645. The first-order valence-electron chi connectivity index (χ1n) is 6.93. The van der Waals surface area contributed by atoms with Crippen LogP contribution in [0, 0.1) is 6.92 Å². The minimum Gasteiger partial charge on any atom is -0.399 e. The van der Waals surface area contributed by atoms with Crippen LogP contribution in [0.2, 0.25) is 0 Å². The maximum Gasteiger partial charge on any atom is 0.258 e. The molecule has 2 N–H and O–H groups in total. The number of fused-ring (bicyclic) bond motifs is 1. The number of carbonyl (C=O) groups is 1. The summed E-state index contributed by atoms with van der Waals surface area (Å²) in [4.78, 5) is 14.6. The highest BCUT2D eigenvalue weighted by Gasteiger charge is 2.24. The molecule has 1 heterocycles. The zero-order valence-electron chi connectivity index (χ0n) is 11.6. The van der Waals surface area contributed by atoms with E-state index in [0.29, 0.717) is 5.69 Å². The van der Waals surface area contributed by atoms with E-state index in [-0.39, 0.29) is 5.91 Å². The zero-order valence-corrected chi connectivity index (χ0v) is 11.6. The first-order valence-corrected chi connectivity index (χ1v) is 6.93. The molecule has 3 heteroatoms. The molecule has 0 atom stereocenters. The number of hydrogen-bond acceptors (Lipinski definition) is 2. The molecule has 1 aliphatic heterocycles. The summed E-state index contributed by atoms with van der Waals surface area (Å²) < 4.78 is 0. The normalized spacial score (nSPS) is 13.9. The molecule has 1 aliphatic rings. The highest BCUT2D eigenvalue weighted by atomic mass is 16.2. The topological polar surface area (TPSA) is 46.3 Å². The molecule has 0 fully saturated rings. The van der Waals surface area contributed by atoms with Gasteiger partial charge in [-0.2, -0.15) is 0 Å². The van der Waals surface area contributed by atoms with E-state index in [4.69, 9.17) is 5.73 Å². The number of nitrogens with zero attached hydrogens (tertiary/aromatic N) is 1. The first kappa shape index (κ1) is 12.7. The quantitative estimate of drug-likeness (QED) is 0.806. The second kappa shape index (κ2) is 5.00. The number of anilines is 2. The monoisotopic (exact) mass is 266 g/mol. The van der Waals surface area contributed by atoms with Gasteiger partial charge in [0.05, 0.1) is 0 Å². The van der Waals surface area contributed by atoms with Crippen LogP contribution in [-0.2, 0) is 6.42 Å². The van der Waals surface area contributed by atoms with Crippen LogP contribution in [0.25, 0.3) is 0 Å². The van der Waals surface area contributed by atoms with E-state index in [1.807, 2.05) is 54.3 Å². The molecule has 3 nitrogen and oxygen atoms in total. The smallest absolute Gasteiger partial charge is 0.258 e. The minimum absolute atomic E-state index is 0.0645. The lowest BCUT2D eigenvalue weighted by Gasteiger charge is -2.30. The van der Waals surface area contributed by atoms with Gasteiger partial charge in [-0.1, -0.05) is 24.3 Å². The fourth-order valence-corrected chi connectivity index (χ4v) is 2.76. The summed E-state index contributed by atoms with van der Waals surface area (Å²) in [6.45, 7) is 2.72. The first-order chi connectivity index (χ1) is 9.66. The Balaban J connectivity index is 2.03. The third kappa shape index (κ3) is 2.16. The Morgan fingerprint density at radius 1 is 1.20 bits per heavy atom. The highest BCUT2D eigenvalue weighted by molar-refractivity contribution is 6.07. The molecule has 2 aromatic rings. The van der Waals surface area contributed by atoms with Crippen molar-refractivity contribution in [2.45, 2.75) is 19.8 Å². The number of rotatable bonds is 1. The van der Waals surface area contributed by atoms with Crippen molar-refractivity contribution in [2.24, 2.45) is 0 Å².